The smallest absolute Gasteiger partial charge is 0.258 e. The van der Waals surface area contributed by atoms with E-state index in [-0.39, 0.29) is 11.8 Å². The van der Waals surface area contributed by atoms with E-state index in [1.807, 2.05) is 36.4 Å². The maximum absolute atomic E-state index is 12.1. The van der Waals surface area contributed by atoms with Crippen LogP contribution < -0.4 is 5.32 Å². The second-order valence-corrected chi connectivity index (χ2v) is 5.80. The van der Waals surface area contributed by atoms with Crippen LogP contribution in [0, 0.1) is 0 Å². The Bertz CT molecular complexity index is 997. The highest BCUT2D eigenvalue weighted by Crippen LogP contribution is 2.42. The Balaban J connectivity index is 2.01. The van der Waals surface area contributed by atoms with Gasteiger partial charge in [0.05, 0.1) is 0 Å². The van der Waals surface area contributed by atoms with Crippen molar-refractivity contribution in [2.45, 2.75) is 6.42 Å². The average molecular weight is 285 g/mol. The van der Waals surface area contributed by atoms with Crippen molar-refractivity contribution in [3.63, 3.8) is 0 Å². The van der Waals surface area contributed by atoms with Crippen molar-refractivity contribution in [2.24, 2.45) is 0 Å². The van der Waals surface area contributed by atoms with Gasteiger partial charge in [-0.25, -0.2) is 0 Å². The summed E-state index contributed by atoms with van der Waals surface area (Å²) in [7, 11) is 0. The molecule has 1 aliphatic heterocycles. The predicted molar refractivity (Wildman–Crippen MR) is 84.0 cm³/mol. The van der Waals surface area contributed by atoms with Gasteiger partial charge in [-0.3, -0.25) is 14.9 Å². The van der Waals surface area contributed by atoms with Crippen LogP contribution >= 0.6 is 0 Å². The molecule has 0 radical (unpaired) electrons. The summed E-state index contributed by atoms with van der Waals surface area (Å²) in [5, 5.41) is 4.27. The second-order valence-electron chi connectivity index (χ2n) is 5.80. The molecule has 0 aromatic heterocycles. The molecule has 2 amide bonds. The SMILES string of the molecule is O=C1NC(=O)c2ccc3c4c(ccc1c24)Cc1ccccc1-3. The lowest BCUT2D eigenvalue weighted by molar-refractivity contribution is 0.0845. The molecule has 22 heavy (non-hydrogen) atoms. The van der Waals surface area contributed by atoms with Crippen molar-refractivity contribution >= 4 is 22.6 Å². The lowest BCUT2D eigenvalue weighted by Crippen LogP contribution is -2.34. The average Bonchev–Trinajstić information content (AvgIpc) is 2.54. The minimum atomic E-state index is -0.306. The summed E-state index contributed by atoms with van der Waals surface area (Å²) in [6.07, 6.45) is 0.833. The third-order valence-corrected chi connectivity index (χ3v) is 4.65. The molecule has 3 nitrogen and oxygen atoms in total. The Labute approximate surface area is 126 Å². The van der Waals surface area contributed by atoms with Gasteiger partial charge in [-0.1, -0.05) is 36.4 Å². The lowest BCUT2D eigenvalue weighted by atomic mass is 9.80. The fourth-order valence-corrected chi connectivity index (χ4v) is 3.70. The van der Waals surface area contributed by atoms with Crippen LogP contribution in [0.15, 0.2) is 48.5 Å². The minimum Gasteiger partial charge on any atom is -0.288 e. The Kier molecular flexibility index (Phi) is 2.03. The van der Waals surface area contributed by atoms with E-state index in [2.05, 4.69) is 17.4 Å². The number of carbonyl (C=O) groups excluding carboxylic acids is 2. The van der Waals surface area contributed by atoms with Crippen LogP contribution in [0.25, 0.3) is 21.9 Å². The molecule has 0 spiro atoms. The molecule has 0 atom stereocenters. The summed E-state index contributed by atoms with van der Waals surface area (Å²) in [4.78, 5) is 24.2. The van der Waals surface area contributed by atoms with Gasteiger partial charge in [-0.2, -0.15) is 0 Å². The summed E-state index contributed by atoms with van der Waals surface area (Å²) in [5.41, 5.74) is 5.95. The molecule has 0 bridgehead atoms. The molecule has 104 valence electrons. The van der Waals surface area contributed by atoms with E-state index >= 15 is 0 Å². The van der Waals surface area contributed by atoms with Crippen molar-refractivity contribution in [3.05, 3.63) is 70.8 Å². The van der Waals surface area contributed by atoms with Crippen LogP contribution in [-0.2, 0) is 6.42 Å². The molecule has 0 unspecified atom stereocenters. The van der Waals surface area contributed by atoms with Crippen molar-refractivity contribution in [3.8, 4) is 11.1 Å². The predicted octanol–water partition coefficient (Wildman–Crippen LogP) is 3.29. The Morgan fingerprint density at radius 2 is 1.32 bits per heavy atom. The fourth-order valence-electron chi connectivity index (χ4n) is 3.70. The first-order valence-corrected chi connectivity index (χ1v) is 7.26. The highest BCUT2D eigenvalue weighted by molar-refractivity contribution is 6.27. The molecule has 3 heteroatoms. The highest BCUT2D eigenvalue weighted by atomic mass is 16.2. The van der Waals surface area contributed by atoms with Crippen molar-refractivity contribution in [1.29, 1.82) is 0 Å². The molecular formula is C19H11NO2. The number of imide groups is 1. The zero-order chi connectivity index (χ0) is 14.8. The summed E-state index contributed by atoms with van der Waals surface area (Å²) < 4.78 is 0. The first kappa shape index (κ1) is 11.7. The minimum absolute atomic E-state index is 0.306. The first-order valence-electron chi connectivity index (χ1n) is 7.26. The van der Waals surface area contributed by atoms with Crippen LogP contribution in [0.2, 0.25) is 0 Å². The van der Waals surface area contributed by atoms with Crippen LogP contribution in [0.1, 0.15) is 31.8 Å². The molecule has 0 saturated heterocycles. The van der Waals surface area contributed by atoms with Crippen LogP contribution in [0.5, 0.6) is 0 Å². The third-order valence-electron chi connectivity index (χ3n) is 4.65. The monoisotopic (exact) mass is 285 g/mol. The van der Waals surface area contributed by atoms with Gasteiger partial charge in [-0.15, -0.1) is 0 Å². The van der Waals surface area contributed by atoms with Crippen molar-refractivity contribution in [2.75, 3.05) is 0 Å². The van der Waals surface area contributed by atoms with E-state index < -0.39 is 0 Å². The maximum atomic E-state index is 12.1. The lowest BCUT2D eigenvalue weighted by Gasteiger charge is -2.25. The maximum Gasteiger partial charge on any atom is 0.258 e. The third kappa shape index (κ3) is 1.31. The highest BCUT2D eigenvalue weighted by Gasteiger charge is 2.29. The zero-order valence-corrected chi connectivity index (χ0v) is 11.6. The quantitative estimate of drug-likeness (QED) is 0.504. The number of hydrogen-bond donors (Lipinski definition) is 1. The normalized spacial score (nSPS) is 14.7. The summed E-state index contributed by atoms with van der Waals surface area (Å²) in [6, 6.07) is 16.0. The molecule has 1 heterocycles. The van der Waals surface area contributed by atoms with Gasteiger partial charge in [0.25, 0.3) is 11.8 Å². The van der Waals surface area contributed by atoms with Crippen molar-refractivity contribution in [1.82, 2.24) is 5.32 Å². The molecule has 3 aromatic rings. The first-order chi connectivity index (χ1) is 10.7. The molecule has 0 fully saturated rings. The summed E-state index contributed by atoms with van der Waals surface area (Å²) in [6.45, 7) is 0. The Morgan fingerprint density at radius 1 is 0.636 bits per heavy atom. The van der Waals surface area contributed by atoms with Crippen LogP contribution in [-0.4, -0.2) is 11.8 Å². The summed E-state index contributed by atoms with van der Waals surface area (Å²) >= 11 is 0. The van der Waals surface area contributed by atoms with Gasteiger partial charge in [0.2, 0.25) is 0 Å². The number of hydrogen-bond acceptors (Lipinski definition) is 2. The number of amides is 2. The number of rotatable bonds is 0. The van der Waals surface area contributed by atoms with Gasteiger partial charge in [0, 0.05) is 16.5 Å². The van der Waals surface area contributed by atoms with E-state index in [0.29, 0.717) is 11.1 Å². The zero-order valence-electron chi connectivity index (χ0n) is 11.6. The van der Waals surface area contributed by atoms with E-state index in [1.165, 1.54) is 16.7 Å². The molecule has 0 saturated carbocycles. The Hall–Kier alpha value is -2.94. The number of benzene rings is 3. The van der Waals surface area contributed by atoms with Gasteiger partial charge in [-0.05, 0) is 46.2 Å². The molecule has 5 rings (SSSR count). The molecule has 1 aliphatic carbocycles. The van der Waals surface area contributed by atoms with Gasteiger partial charge in [0.15, 0.2) is 0 Å². The summed E-state index contributed by atoms with van der Waals surface area (Å²) in [5.74, 6) is -0.611. The van der Waals surface area contributed by atoms with E-state index in [1.54, 1.807) is 0 Å². The van der Waals surface area contributed by atoms with Gasteiger partial charge >= 0.3 is 0 Å². The van der Waals surface area contributed by atoms with Gasteiger partial charge < -0.3 is 0 Å². The number of fused-ring (bicyclic) bond motifs is 2. The second kappa shape index (κ2) is 3.83. The molecule has 3 aromatic carbocycles. The van der Waals surface area contributed by atoms with E-state index in [0.717, 1.165) is 22.8 Å². The van der Waals surface area contributed by atoms with Gasteiger partial charge in [0.1, 0.15) is 0 Å². The number of carbonyl (C=O) groups is 2. The standard InChI is InChI=1S/C19H11NO2/c21-18-14-6-5-11-9-10-3-1-2-4-12(10)13-7-8-15(19(22)20-18)17(14)16(11)13/h1-8H,9H2,(H,20,21,22). The molecule has 1 N–H and O–H groups in total. The van der Waals surface area contributed by atoms with Crippen LogP contribution in [0.4, 0.5) is 0 Å². The van der Waals surface area contributed by atoms with E-state index in [9.17, 15) is 9.59 Å². The molecular weight excluding hydrogens is 274 g/mol. The van der Waals surface area contributed by atoms with E-state index in [4.69, 9.17) is 0 Å². The molecule has 2 aliphatic rings. The topological polar surface area (TPSA) is 46.2 Å². The number of nitrogens with one attached hydrogen (secondary N) is 1. The van der Waals surface area contributed by atoms with Crippen molar-refractivity contribution < 1.29 is 9.59 Å². The Morgan fingerprint density at radius 3 is 2.14 bits per heavy atom. The largest absolute Gasteiger partial charge is 0.288 e. The fraction of sp³-hybridized carbons (Fsp3) is 0.0526. The van der Waals surface area contributed by atoms with Crippen LogP contribution in [0.3, 0.4) is 0 Å².